The van der Waals surface area contributed by atoms with Crippen LogP contribution in [0, 0.1) is 0 Å². The van der Waals surface area contributed by atoms with Crippen molar-refractivity contribution < 1.29 is 19.0 Å². The van der Waals surface area contributed by atoms with Crippen LogP contribution in [0.3, 0.4) is 0 Å². The van der Waals surface area contributed by atoms with Crippen molar-refractivity contribution in [2.75, 3.05) is 32.9 Å². The van der Waals surface area contributed by atoms with E-state index in [1.807, 2.05) is 65.6 Å². The summed E-state index contributed by atoms with van der Waals surface area (Å²) >= 11 is 0. The van der Waals surface area contributed by atoms with Crippen LogP contribution in [0.4, 0.5) is 0 Å². The Morgan fingerprint density at radius 2 is 1.44 bits per heavy atom. The van der Waals surface area contributed by atoms with Gasteiger partial charge in [0.2, 0.25) is 5.91 Å². The van der Waals surface area contributed by atoms with E-state index in [2.05, 4.69) is 0 Å². The zero-order valence-electron chi connectivity index (χ0n) is 15.4. The average molecular weight is 367 g/mol. The molecule has 2 saturated heterocycles. The number of hydrogen-bond donors (Lipinski definition) is 0. The molecule has 2 heterocycles. The third-order valence-corrected chi connectivity index (χ3v) is 5.27. The van der Waals surface area contributed by atoms with E-state index in [1.165, 1.54) is 0 Å². The maximum absolute atomic E-state index is 12.7. The number of carbonyl (C=O) groups is 1. The summed E-state index contributed by atoms with van der Waals surface area (Å²) in [7, 11) is 0. The fourth-order valence-corrected chi connectivity index (χ4v) is 3.77. The standard InChI is InChI=1S/C22H25NO4/c24-20(23-13-11-22(12-14-23)26-15-16-27-22)17-25-21(18-7-3-1-4-8-18)19-9-5-2-6-10-19/h1-10,21H,11-17H2. The molecule has 2 fully saturated rings. The molecule has 2 aliphatic heterocycles. The largest absolute Gasteiger partial charge is 0.359 e. The van der Waals surface area contributed by atoms with Gasteiger partial charge in [-0.25, -0.2) is 0 Å². The molecule has 0 bridgehead atoms. The molecule has 5 heteroatoms. The van der Waals surface area contributed by atoms with Crippen LogP contribution in [-0.2, 0) is 19.0 Å². The molecule has 0 aliphatic carbocycles. The van der Waals surface area contributed by atoms with Crippen molar-refractivity contribution in [1.82, 2.24) is 4.90 Å². The van der Waals surface area contributed by atoms with E-state index in [0.717, 1.165) is 24.0 Å². The normalized spacial score (nSPS) is 18.9. The minimum absolute atomic E-state index is 0.0136. The zero-order chi connectivity index (χ0) is 18.5. The van der Waals surface area contributed by atoms with Crippen molar-refractivity contribution in [3.05, 3.63) is 71.8 Å². The highest BCUT2D eigenvalue weighted by Gasteiger charge is 2.40. The number of nitrogens with zero attached hydrogens (tertiary/aromatic N) is 1. The van der Waals surface area contributed by atoms with Gasteiger partial charge in [-0.2, -0.15) is 0 Å². The van der Waals surface area contributed by atoms with Crippen molar-refractivity contribution in [1.29, 1.82) is 0 Å². The van der Waals surface area contributed by atoms with Gasteiger partial charge in [0, 0.05) is 25.9 Å². The Labute approximate surface area is 159 Å². The molecule has 0 unspecified atom stereocenters. The molecule has 0 N–H and O–H groups in total. The molecule has 2 aliphatic rings. The second-order valence-corrected chi connectivity index (χ2v) is 7.00. The lowest BCUT2D eigenvalue weighted by molar-refractivity contribution is -0.188. The minimum Gasteiger partial charge on any atom is -0.359 e. The van der Waals surface area contributed by atoms with E-state index in [-0.39, 0.29) is 18.6 Å². The van der Waals surface area contributed by atoms with Gasteiger partial charge in [-0.15, -0.1) is 0 Å². The van der Waals surface area contributed by atoms with Crippen LogP contribution in [0.1, 0.15) is 30.1 Å². The first kappa shape index (κ1) is 18.2. The second-order valence-electron chi connectivity index (χ2n) is 7.00. The van der Waals surface area contributed by atoms with Crippen molar-refractivity contribution in [3.8, 4) is 0 Å². The van der Waals surface area contributed by atoms with Crippen LogP contribution in [-0.4, -0.2) is 49.5 Å². The number of piperidine rings is 1. The van der Waals surface area contributed by atoms with Crippen LogP contribution in [0.15, 0.2) is 60.7 Å². The molecule has 142 valence electrons. The fraction of sp³-hybridized carbons (Fsp3) is 0.409. The highest BCUT2D eigenvalue weighted by atomic mass is 16.7. The van der Waals surface area contributed by atoms with Crippen molar-refractivity contribution in [2.24, 2.45) is 0 Å². The number of carbonyl (C=O) groups excluding carboxylic acids is 1. The molecule has 0 aromatic heterocycles. The summed E-state index contributed by atoms with van der Waals surface area (Å²) in [6.07, 6.45) is 1.19. The van der Waals surface area contributed by atoms with Gasteiger partial charge in [0.1, 0.15) is 12.7 Å². The summed E-state index contributed by atoms with van der Waals surface area (Å²) < 4.78 is 17.6. The monoisotopic (exact) mass is 367 g/mol. The predicted octanol–water partition coefficient (Wildman–Crippen LogP) is 3.16. The van der Waals surface area contributed by atoms with Crippen molar-refractivity contribution >= 4 is 5.91 Å². The quantitative estimate of drug-likeness (QED) is 0.815. The fourth-order valence-electron chi connectivity index (χ4n) is 3.77. The van der Waals surface area contributed by atoms with Gasteiger partial charge in [-0.05, 0) is 11.1 Å². The highest BCUT2D eigenvalue weighted by molar-refractivity contribution is 5.77. The van der Waals surface area contributed by atoms with Crippen molar-refractivity contribution in [2.45, 2.75) is 24.7 Å². The molecule has 0 atom stereocenters. The summed E-state index contributed by atoms with van der Waals surface area (Å²) in [5, 5.41) is 0. The molecule has 4 rings (SSSR count). The topological polar surface area (TPSA) is 48.0 Å². The number of hydrogen-bond acceptors (Lipinski definition) is 4. The Morgan fingerprint density at radius 1 is 0.926 bits per heavy atom. The molecule has 27 heavy (non-hydrogen) atoms. The van der Waals surface area contributed by atoms with Crippen LogP contribution >= 0.6 is 0 Å². The Morgan fingerprint density at radius 3 is 1.96 bits per heavy atom. The Hall–Kier alpha value is -2.21. The molecule has 5 nitrogen and oxygen atoms in total. The second kappa shape index (κ2) is 8.21. The lowest BCUT2D eigenvalue weighted by atomic mass is 10.0. The highest BCUT2D eigenvalue weighted by Crippen LogP contribution is 2.31. The first-order chi connectivity index (χ1) is 13.3. The summed E-state index contributed by atoms with van der Waals surface area (Å²) in [4.78, 5) is 14.5. The molecule has 2 aromatic rings. The van der Waals surface area contributed by atoms with Crippen LogP contribution in [0.5, 0.6) is 0 Å². The van der Waals surface area contributed by atoms with E-state index in [1.54, 1.807) is 0 Å². The first-order valence-electron chi connectivity index (χ1n) is 9.53. The number of amides is 1. The van der Waals surface area contributed by atoms with Gasteiger partial charge in [-0.3, -0.25) is 4.79 Å². The maximum Gasteiger partial charge on any atom is 0.248 e. The van der Waals surface area contributed by atoms with E-state index in [4.69, 9.17) is 14.2 Å². The van der Waals surface area contributed by atoms with Gasteiger partial charge >= 0.3 is 0 Å². The van der Waals surface area contributed by atoms with Gasteiger partial charge in [0.05, 0.1) is 13.2 Å². The number of rotatable bonds is 5. The third kappa shape index (κ3) is 4.21. The summed E-state index contributed by atoms with van der Waals surface area (Å²) in [5.74, 6) is -0.450. The van der Waals surface area contributed by atoms with Crippen LogP contribution in [0.25, 0.3) is 0 Å². The average Bonchev–Trinajstić information content (AvgIpc) is 3.18. The van der Waals surface area contributed by atoms with E-state index < -0.39 is 5.79 Å². The molecular formula is C22H25NO4. The maximum atomic E-state index is 12.7. The number of likely N-dealkylation sites (tertiary alicyclic amines) is 1. The molecule has 1 amide bonds. The molecule has 1 spiro atoms. The Bertz CT molecular complexity index is 694. The molecular weight excluding hydrogens is 342 g/mol. The van der Waals surface area contributed by atoms with E-state index in [9.17, 15) is 4.79 Å². The first-order valence-corrected chi connectivity index (χ1v) is 9.53. The Balaban J connectivity index is 1.38. The zero-order valence-corrected chi connectivity index (χ0v) is 15.4. The third-order valence-electron chi connectivity index (χ3n) is 5.27. The van der Waals surface area contributed by atoms with Gasteiger partial charge in [0.25, 0.3) is 0 Å². The van der Waals surface area contributed by atoms with Crippen molar-refractivity contribution in [3.63, 3.8) is 0 Å². The van der Waals surface area contributed by atoms with Gasteiger partial charge in [0.15, 0.2) is 5.79 Å². The van der Waals surface area contributed by atoms with E-state index >= 15 is 0 Å². The molecule has 2 aromatic carbocycles. The summed E-state index contributed by atoms with van der Waals surface area (Å²) in [5.41, 5.74) is 2.09. The van der Waals surface area contributed by atoms with Crippen LogP contribution < -0.4 is 0 Å². The minimum atomic E-state index is -0.464. The number of benzene rings is 2. The molecule has 0 radical (unpaired) electrons. The lowest BCUT2D eigenvalue weighted by Crippen LogP contribution is -2.48. The summed E-state index contributed by atoms with van der Waals surface area (Å²) in [6, 6.07) is 20.0. The summed E-state index contributed by atoms with van der Waals surface area (Å²) in [6.45, 7) is 2.63. The number of ether oxygens (including phenoxy) is 3. The smallest absolute Gasteiger partial charge is 0.248 e. The predicted molar refractivity (Wildman–Crippen MR) is 101 cm³/mol. The lowest BCUT2D eigenvalue weighted by Gasteiger charge is -2.37. The van der Waals surface area contributed by atoms with Gasteiger partial charge in [-0.1, -0.05) is 60.7 Å². The van der Waals surface area contributed by atoms with Gasteiger partial charge < -0.3 is 19.1 Å². The molecule has 0 saturated carbocycles. The Kier molecular flexibility index (Phi) is 5.53. The van der Waals surface area contributed by atoms with E-state index in [0.29, 0.717) is 26.3 Å². The van der Waals surface area contributed by atoms with Crippen LogP contribution in [0.2, 0.25) is 0 Å². The SMILES string of the molecule is O=C(COC(c1ccccc1)c1ccccc1)N1CCC2(CC1)OCCO2.